The van der Waals surface area contributed by atoms with E-state index in [1.54, 1.807) is 0 Å². The second-order valence-electron chi connectivity index (χ2n) is 4.63. The molecule has 0 spiro atoms. The van der Waals surface area contributed by atoms with Crippen molar-refractivity contribution in [3.05, 3.63) is 28.2 Å². The molecule has 2 unspecified atom stereocenters. The van der Waals surface area contributed by atoms with E-state index in [-0.39, 0.29) is 6.04 Å². The second-order valence-corrected chi connectivity index (χ2v) is 5.55. The highest BCUT2D eigenvalue weighted by atomic mass is 79.9. The summed E-state index contributed by atoms with van der Waals surface area (Å²) in [7, 11) is 0. The molecule has 3 heteroatoms. The molecule has 1 aliphatic rings. The molecular formula is C13H19BrN2. The minimum absolute atomic E-state index is 0.275. The van der Waals surface area contributed by atoms with Crippen molar-refractivity contribution >= 4 is 21.6 Å². The summed E-state index contributed by atoms with van der Waals surface area (Å²) in [4.78, 5) is 2.48. The molecule has 2 N–H and O–H groups in total. The van der Waals surface area contributed by atoms with E-state index >= 15 is 0 Å². The van der Waals surface area contributed by atoms with Crippen LogP contribution in [-0.2, 0) is 6.42 Å². The van der Waals surface area contributed by atoms with Crippen LogP contribution in [0.1, 0.15) is 25.8 Å². The van der Waals surface area contributed by atoms with Crippen molar-refractivity contribution in [3.8, 4) is 0 Å². The first-order valence-corrected chi connectivity index (χ1v) is 6.71. The van der Waals surface area contributed by atoms with Crippen LogP contribution in [0.5, 0.6) is 0 Å². The van der Waals surface area contributed by atoms with Crippen molar-refractivity contribution < 1.29 is 0 Å². The lowest BCUT2D eigenvalue weighted by atomic mass is 10.0. The average Bonchev–Trinajstić information content (AvgIpc) is 2.52. The Morgan fingerprint density at radius 2 is 2.31 bits per heavy atom. The topological polar surface area (TPSA) is 29.3 Å². The third kappa shape index (κ3) is 2.25. The lowest BCUT2D eigenvalue weighted by molar-refractivity contribution is 0.529. The molecule has 1 aromatic carbocycles. The van der Waals surface area contributed by atoms with Crippen molar-refractivity contribution in [2.24, 2.45) is 5.73 Å². The Kier molecular flexibility index (Phi) is 3.55. The number of halogens is 1. The summed E-state index contributed by atoms with van der Waals surface area (Å²) < 4.78 is 1.17. The van der Waals surface area contributed by atoms with E-state index < -0.39 is 0 Å². The van der Waals surface area contributed by atoms with Crippen LogP contribution in [0.15, 0.2) is 22.7 Å². The van der Waals surface area contributed by atoms with Crippen LogP contribution < -0.4 is 10.6 Å². The Balaban J connectivity index is 2.25. The fourth-order valence-electron chi connectivity index (χ4n) is 2.63. The molecule has 2 rings (SSSR count). The second kappa shape index (κ2) is 4.76. The largest absolute Gasteiger partial charge is 0.368 e. The lowest BCUT2D eigenvalue weighted by Crippen LogP contribution is -2.36. The normalized spacial score (nSPS) is 21.0. The van der Waals surface area contributed by atoms with E-state index in [0.717, 1.165) is 19.4 Å². The Labute approximate surface area is 106 Å². The Bertz CT molecular complexity index is 376. The third-order valence-corrected chi connectivity index (χ3v) is 3.73. The standard InChI is InChI=1S/C13H19BrN2/c1-3-16-12(6-9(2)15)8-10-7-11(14)4-5-13(10)16/h4-5,7,9,12H,3,6,8,15H2,1-2H3. The van der Waals surface area contributed by atoms with Gasteiger partial charge in [-0.1, -0.05) is 15.9 Å². The van der Waals surface area contributed by atoms with Gasteiger partial charge in [0, 0.05) is 28.8 Å². The molecule has 0 fully saturated rings. The quantitative estimate of drug-likeness (QED) is 0.924. The highest BCUT2D eigenvalue weighted by Crippen LogP contribution is 2.35. The fraction of sp³-hybridized carbons (Fsp3) is 0.538. The van der Waals surface area contributed by atoms with Crippen LogP contribution in [0.25, 0.3) is 0 Å². The van der Waals surface area contributed by atoms with Crippen LogP contribution in [-0.4, -0.2) is 18.6 Å². The Morgan fingerprint density at radius 1 is 1.56 bits per heavy atom. The van der Waals surface area contributed by atoms with Gasteiger partial charge in [0.05, 0.1) is 0 Å². The van der Waals surface area contributed by atoms with Crippen LogP contribution in [0.2, 0.25) is 0 Å². The zero-order valence-electron chi connectivity index (χ0n) is 9.91. The van der Waals surface area contributed by atoms with Gasteiger partial charge in [0.15, 0.2) is 0 Å². The van der Waals surface area contributed by atoms with Crippen molar-refractivity contribution in [1.29, 1.82) is 0 Å². The molecule has 0 aromatic heterocycles. The van der Waals surface area contributed by atoms with E-state index in [4.69, 9.17) is 5.73 Å². The summed E-state index contributed by atoms with van der Waals surface area (Å²) in [6.45, 7) is 5.37. The number of rotatable bonds is 3. The van der Waals surface area contributed by atoms with Crippen LogP contribution in [0.4, 0.5) is 5.69 Å². The minimum Gasteiger partial charge on any atom is -0.368 e. The predicted octanol–water partition coefficient (Wildman–Crippen LogP) is 2.94. The van der Waals surface area contributed by atoms with Crippen molar-refractivity contribution in [2.75, 3.05) is 11.4 Å². The van der Waals surface area contributed by atoms with Crippen LogP contribution in [0, 0.1) is 0 Å². The van der Waals surface area contributed by atoms with Crippen molar-refractivity contribution in [2.45, 2.75) is 38.8 Å². The van der Waals surface area contributed by atoms with Crippen molar-refractivity contribution in [1.82, 2.24) is 0 Å². The molecule has 2 atom stereocenters. The first-order valence-electron chi connectivity index (χ1n) is 5.92. The van der Waals surface area contributed by atoms with Gasteiger partial charge in [0.25, 0.3) is 0 Å². The molecule has 88 valence electrons. The smallest absolute Gasteiger partial charge is 0.0402 e. The number of hydrogen-bond donors (Lipinski definition) is 1. The van der Waals surface area contributed by atoms with Gasteiger partial charge < -0.3 is 10.6 Å². The number of fused-ring (bicyclic) bond motifs is 1. The zero-order valence-corrected chi connectivity index (χ0v) is 11.5. The van der Waals surface area contributed by atoms with E-state index in [9.17, 15) is 0 Å². The molecule has 1 aliphatic heterocycles. The van der Waals surface area contributed by atoms with Gasteiger partial charge in [-0.05, 0) is 50.5 Å². The van der Waals surface area contributed by atoms with Gasteiger partial charge >= 0.3 is 0 Å². The molecule has 0 radical (unpaired) electrons. The summed E-state index contributed by atoms with van der Waals surface area (Å²) in [5, 5.41) is 0. The molecule has 1 heterocycles. The number of nitrogens with zero attached hydrogens (tertiary/aromatic N) is 1. The maximum Gasteiger partial charge on any atom is 0.0402 e. The van der Waals surface area contributed by atoms with Gasteiger partial charge in [-0.25, -0.2) is 0 Å². The summed E-state index contributed by atoms with van der Waals surface area (Å²) in [5.74, 6) is 0. The summed E-state index contributed by atoms with van der Waals surface area (Å²) in [6, 6.07) is 7.42. The van der Waals surface area contributed by atoms with E-state index in [1.165, 1.54) is 15.7 Å². The predicted molar refractivity (Wildman–Crippen MR) is 72.9 cm³/mol. The number of hydrogen-bond acceptors (Lipinski definition) is 2. The highest BCUT2D eigenvalue weighted by molar-refractivity contribution is 9.10. The van der Waals surface area contributed by atoms with Crippen LogP contribution in [0.3, 0.4) is 0 Å². The molecule has 16 heavy (non-hydrogen) atoms. The molecule has 2 nitrogen and oxygen atoms in total. The summed E-state index contributed by atoms with van der Waals surface area (Å²) in [5.41, 5.74) is 8.75. The average molecular weight is 283 g/mol. The molecule has 0 saturated heterocycles. The third-order valence-electron chi connectivity index (χ3n) is 3.23. The van der Waals surface area contributed by atoms with Gasteiger partial charge in [-0.15, -0.1) is 0 Å². The van der Waals surface area contributed by atoms with Crippen LogP contribution >= 0.6 is 15.9 Å². The number of benzene rings is 1. The van der Waals surface area contributed by atoms with Crippen molar-refractivity contribution in [3.63, 3.8) is 0 Å². The van der Waals surface area contributed by atoms with Gasteiger partial charge in [-0.2, -0.15) is 0 Å². The maximum absolute atomic E-state index is 5.92. The molecule has 0 aliphatic carbocycles. The molecule has 0 saturated carbocycles. The van der Waals surface area contributed by atoms with E-state index in [0.29, 0.717) is 6.04 Å². The lowest BCUT2D eigenvalue weighted by Gasteiger charge is -2.27. The Morgan fingerprint density at radius 3 is 2.94 bits per heavy atom. The first-order chi connectivity index (χ1) is 7.61. The van der Waals surface area contributed by atoms with E-state index in [1.807, 2.05) is 0 Å². The molecule has 0 bridgehead atoms. The van der Waals surface area contributed by atoms with Gasteiger partial charge in [0.2, 0.25) is 0 Å². The summed E-state index contributed by atoms with van der Waals surface area (Å²) in [6.07, 6.45) is 2.20. The first kappa shape index (κ1) is 11.9. The number of nitrogens with two attached hydrogens (primary N) is 1. The molecular weight excluding hydrogens is 264 g/mol. The maximum atomic E-state index is 5.92. The molecule has 1 aromatic rings. The fourth-order valence-corrected chi connectivity index (χ4v) is 3.04. The number of anilines is 1. The Hall–Kier alpha value is -0.540. The van der Waals surface area contributed by atoms with Gasteiger partial charge in [-0.3, -0.25) is 0 Å². The van der Waals surface area contributed by atoms with Gasteiger partial charge in [0.1, 0.15) is 0 Å². The monoisotopic (exact) mass is 282 g/mol. The number of likely N-dealkylation sites (N-methyl/N-ethyl adjacent to an activating group) is 1. The zero-order chi connectivity index (χ0) is 11.7. The molecule has 0 amide bonds. The highest BCUT2D eigenvalue weighted by Gasteiger charge is 2.28. The summed E-state index contributed by atoms with van der Waals surface area (Å²) >= 11 is 3.53. The van der Waals surface area contributed by atoms with E-state index in [2.05, 4.69) is 52.9 Å². The SMILES string of the molecule is CCN1c2ccc(Br)cc2CC1CC(C)N. The minimum atomic E-state index is 0.275.